The first-order chi connectivity index (χ1) is 21.0. The zero-order chi connectivity index (χ0) is 30.3. The van der Waals surface area contributed by atoms with Gasteiger partial charge in [-0.25, -0.2) is 4.79 Å². The Morgan fingerprint density at radius 1 is 0.791 bits per heavy atom. The van der Waals surface area contributed by atoms with Gasteiger partial charge in [-0.15, -0.1) is 0 Å². The van der Waals surface area contributed by atoms with Crippen LogP contribution in [0.25, 0.3) is 0 Å². The van der Waals surface area contributed by atoms with Gasteiger partial charge in [0, 0.05) is 5.57 Å². The molecule has 0 saturated carbocycles. The first kappa shape index (κ1) is 34.7. The molecule has 0 spiro atoms. The maximum atomic E-state index is 11.6. The van der Waals surface area contributed by atoms with Crippen LogP contribution in [0.5, 0.6) is 0 Å². The SMILES string of the molecule is CCCCCC[C@H]1CCC[C@@H]([C@@H]2CC[C@H]([C@H]3CC[C@H]([C@H](O)CCCCC/C=C/CCCCCC4=C[C@H](C)OC4=O)O3)O2)O1. The number of cyclic esters (lactones) is 1. The molecule has 0 bridgehead atoms. The number of hydrogen-bond acceptors (Lipinski definition) is 6. The molecule has 8 atom stereocenters. The molecule has 4 aliphatic rings. The number of esters is 1. The first-order valence-corrected chi connectivity index (χ1v) is 18.2. The van der Waals surface area contributed by atoms with Crippen molar-refractivity contribution in [2.45, 2.75) is 204 Å². The molecule has 3 fully saturated rings. The van der Waals surface area contributed by atoms with E-state index in [1.165, 1.54) is 57.8 Å². The summed E-state index contributed by atoms with van der Waals surface area (Å²) in [6, 6.07) is 0. The van der Waals surface area contributed by atoms with Gasteiger partial charge in [-0.1, -0.05) is 64.0 Å². The lowest BCUT2D eigenvalue weighted by molar-refractivity contribution is -0.145. The van der Waals surface area contributed by atoms with Crippen LogP contribution in [0, 0.1) is 0 Å². The third-order valence-electron chi connectivity index (χ3n) is 10.0. The third kappa shape index (κ3) is 11.9. The van der Waals surface area contributed by atoms with Gasteiger partial charge in [0.25, 0.3) is 0 Å². The van der Waals surface area contributed by atoms with Crippen LogP contribution in [0.2, 0.25) is 0 Å². The third-order valence-corrected chi connectivity index (χ3v) is 10.0. The van der Waals surface area contributed by atoms with Crippen molar-refractivity contribution in [2.24, 2.45) is 0 Å². The Balaban J connectivity index is 0.991. The fourth-order valence-corrected chi connectivity index (χ4v) is 7.48. The largest absolute Gasteiger partial charge is 0.455 e. The number of aliphatic hydroxyl groups excluding tert-OH is 1. The van der Waals surface area contributed by atoms with Gasteiger partial charge in [-0.05, 0) is 109 Å². The molecule has 0 aliphatic carbocycles. The molecule has 3 saturated heterocycles. The summed E-state index contributed by atoms with van der Waals surface area (Å²) in [6.07, 6.45) is 32.1. The number of carbonyl (C=O) groups excluding carboxylic acids is 1. The normalized spacial score (nSPS) is 32.0. The monoisotopic (exact) mass is 602 g/mol. The Morgan fingerprint density at radius 2 is 1.47 bits per heavy atom. The molecular weight excluding hydrogens is 540 g/mol. The lowest BCUT2D eigenvalue weighted by Crippen LogP contribution is -2.38. The van der Waals surface area contributed by atoms with E-state index in [1.54, 1.807) is 0 Å². The number of aliphatic hydroxyl groups is 1. The van der Waals surface area contributed by atoms with Crippen LogP contribution < -0.4 is 0 Å². The lowest BCUT2D eigenvalue weighted by Gasteiger charge is -2.34. The highest BCUT2D eigenvalue weighted by molar-refractivity contribution is 5.90. The highest BCUT2D eigenvalue weighted by Gasteiger charge is 2.42. The second-order valence-corrected chi connectivity index (χ2v) is 13.7. The zero-order valence-electron chi connectivity index (χ0n) is 27.4. The highest BCUT2D eigenvalue weighted by atomic mass is 16.6. The van der Waals surface area contributed by atoms with Gasteiger partial charge in [-0.3, -0.25) is 0 Å². The topological polar surface area (TPSA) is 74.2 Å². The summed E-state index contributed by atoms with van der Waals surface area (Å²) in [4.78, 5) is 11.6. The fraction of sp³-hybridized carbons (Fsp3) is 0.865. The van der Waals surface area contributed by atoms with E-state index in [4.69, 9.17) is 18.9 Å². The maximum absolute atomic E-state index is 11.6. The molecule has 4 aliphatic heterocycles. The Hall–Kier alpha value is -1.21. The predicted molar refractivity (Wildman–Crippen MR) is 172 cm³/mol. The Kier molecular flexibility index (Phi) is 15.6. The summed E-state index contributed by atoms with van der Waals surface area (Å²) in [7, 11) is 0. The van der Waals surface area contributed by atoms with Crippen LogP contribution in [0.1, 0.15) is 155 Å². The van der Waals surface area contributed by atoms with E-state index in [0.717, 1.165) is 89.0 Å². The van der Waals surface area contributed by atoms with Crippen molar-refractivity contribution in [2.75, 3.05) is 0 Å². The van der Waals surface area contributed by atoms with Crippen LogP contribution in [0.3, 0.4) is 0 Å². The minimum Gasteiger partial charge on any atom is -0.455 e. The van der Waals surface area contributed by atoms with E-state index in [-0.39, 0.29) is 48.7 Å². The number of allylic oxidation sites excluding steroid dienone is 2. The van der Waals surface area contributed by atoms with Crippen LogP contribution in [-0.2, 0) is 23.7 Å². The summed E-state index contributed by atoms with van der Waals surface area (Å²) in [5.74, 6) is -0.127. The van der Waals surface area contributed by atoms with Crippen molar-refractivity contribution >= 4 is 5.97 Å². The van der Waals surface area contributed by atoms with Gasteiger partial charge >= 0.3 is 5.97 Å². The van der Waals surface area contributed by atoms with Crippen LogP contribution in [0.4, 0.5) is 0 Å². The van der Waals surface area contributed by atoms with Crippen molar-refractivity contribution < 1.29 is 28.8 Å². The minimum atomic E-state index is -0.363. The first-order valence-electron chi connectivity index (χ1n) is 18.2. The molecule has 0 aromatic rings. The molecule has 6 nitrogen and oxygen atoms in total. The van der Waals surface area contributed by atoms with Crippen molar-refractivity contribution in [3.05, 3.63) is 23.8 Å². The van der Waals surface area contributed by atoms with Crippen LogP contribution >= 0.6 is 0 Å². The second kappa shape index (κ2) is 19.3. The number of rotatable bonds is 20. The number of carbonyl (C=O) groups is 1. The zero-order valence-corrected chi connectivity index (χ0v) is 27.4. The quantitative estimate of drug-likeness (QED) is 0.0854. The predicted octanol–water partition coefficient (Wildman–Crippen LogP) is 8.68. The van der Waals surface area contributed by atoms with E-state index in [9.17, 15) is 9.90 Å². The van der Waals surface area contributed by atoms with Crippen LogP contribution in [0.15, 0.2) is 23.8 Å². The van der Waals surface area contributed by atoms with Crippen molar-refractivity contribution in [3.8, 4) is 0 Å². The number of unbranched alkanes of at least 4 members (excludes halogenated alkanes) is 9. The summed E-state index contributed by atoms with van der Waals surface area (Å²) >= 11 is 0. The minimum absolute atomic E-state index is 0.0371. The Labute approximate surface area is 262 Å². The van der Waals surface area contributed by atoms with E-state index in [0.29, 0.717) is 6.10 Å². The van der Waals surface area contributed by atoms with Crippen LogP contribution in [-0.4, -0.2) is 59.9 Å². The molecule has 43 heavy (non-hydrogen) atoms. The Morgan fingerprint density at radius 3 is 2.19 bits per heavy atom. The standard InChI is InChI=1S/C37H62O6/c1-3-4-5-15-19-30-20-17-22-33(41-30)34-25-26-36(43-34)35-24-23-32(42-35)31(38)21-16-13-11-9-7-6-8-10-12-14-18-29-27-28(2)40-37(29)39/h6-7,27-28,30-36,38H,3-5,8-26H2,1-2H3/b7-6+/t28-,30-,31+,32+,33-,34-,35+,36+/m0/s1. The van der Waals surface area contributed by atoms with Gasteiger partial charge in [0.15, 0.2) is 0 Å². The summed E-state index contributed by atoms with van der Waals surface area (Å²) < 4.78 is 24.6. The number of ether oxygens (including phenoxy) is 4. The Bertz CT molecular complexity index is 854. The van der Waals surface area contributed by atoms with Gasteiger partial charge in [0.05, 0.1) is 42.7 Å². The smallest absolute Gasteiger partial charge is 0.334 e. The lowest BCUT2D eigenvalue weighted by atomic mass is 9.96. The average molecular weight is 603 g/mol. The van der Waals surface area contributed by atoms with Gasteiger partial charge in [0.2, 0.25) is 0 Å². The molecule has 4 heterocycles. The molecule has 0 unspecified atom stereocenters. The summed E-state index contributed by atoms with van der Waals surface area (Å²) in [5, 5.41) is 10.8. The molecule has 4 rings (SSSR count). The van der Waals surface area contributed by atoms with E-state index < -0.39 is 0 Å². The molecule has 1 N–H and O–H groups in total. The summed E-state index contributed by atoms with van der Waals surface area (Å²) in [6.45, 7) is 4.18. The molecule has 0 radical (unpaired) electrons. The van der Waals surface area contributed by atoms with E-state index in [1.807, 2.05) is 13.0 Å². The highest BCUT2D eigenvalue weighted by Crippen LogP contribution is 2.37. The van der Waals surface area contributed by atoms with E-state index >= 15 is 0 Å². The molecule has 0 aromatic heterocycles. The van der Waals surface area contributed by atoms with Crippen molar-refractivity contribution in [3.63, 3.8) is 0 Å². The molecule has 6 heteroatoms. The van der Waals surface area contributed by atoms with Gasteiger partial charge < -0.3 is 24.1 Å². The van der Waals surface area contributed by atoms with Crippen molar-refractivity contribution in [1.29, 1.82) is 0 Å². The van der Waals surface area contributed by atoms with Crippen molar-refractivity contribution in [1.82, 2.24) is 0 Å². The number of hydrogen-bond donors (Lipinski definition) is 1. The molecule has 246 valence electrons. The second-order valence-electron chi connectivity index (χ2n) is 13.7. The van der Waals surface area contributed by atoms with E-state index in [2.05, 4.69) is 19.1 Å². The summed E-state index contributed by atoms with van der Waals surface area (Å²) in [5.41, 5.74) is 0.857. The molecule has 0 amide bonds. The molecular formula is C37H62O6. The average Bonchev–Trinajstić information content (AvgIpc) is 3.76. The van der Waals surface area contributed by atoms with Gasteiger partial charge in [0.1, 0.15) is 6.10 Å². The molecule has 0 aromatic carbocycles. The van der Waals surface area contributed by atoms with Gasteiger partial charge in [-0.2, -0.15) is 0 Å². The fourth-order valence-electron chi connectivity index (χ4n) is 7.48. The maximum Gasteiger partial charge on any atom is 0.334 e.